The molecule has 0 N–H and O–H groups in total. The number of allylic oxidation sites excluding steroid dienone is 1. The number of carbonyl (C=O) groups excluding carboxylic acids is 1. The number of ether oxygens (including phenoxy) is 5. The van der Waals surface area contributed by atoms with E-state index in [1.54, 1.807) is 43.5 Å². The van der Waals surface area contributed by atoms with Gasteiger partial charge >= 0.3 is 0 Å². The van der Waals surface area contributed by atoms with Gasteiger partial charge in [-0.2, -0.15) is 0 Å². The molecule has 0 spiro atoms. The van der Waals surface area contributed by atoms with Crippen LogP contribution in [0, 0.1) is 5.82 Å². The van der Waals surface area contributed by atoms with Crippen molar-refractivity contribution in [3.63, 3.8) is 0 Å². The van der Waals surface area contributed by atoms with Gasteiger partial charge in [0, 0.05) is 18.7 Å². The molecule has 186 valence electrons. The normalized spacial score (nSPS) is 15.7. The Balaban J connectivity index is 1.39. The third kappa shape index (κ3) is 4.35. The average molecular weight is 492 g/mol. The summed E-state index contributed by atoms with van der Waals surface area (Å²) in [6.07, 6.45) is 2.39. The summed E-state index contributed by atoms with van der Waals surface area (Å²) in [4.78, 5) is 15.3. The summed E-state index contributed by atoms with van der Waals surface area (Å²) < 4.78 is 41.6. The van der Waals surface area contributed by atoms with Gasteiger partial charge in [-0.15, -0.1) is 0 Å². The van der Waals surface area contributed by atoms with Crippen molar-refractivity contribution < 1.29 is 32.9 Å². The molecule has 36 heavy (non-hydrogen) atoms. The van der Waals surface area contributed by atoms with E-state index in [9.17, 15) is 9.18 Å². The van der Waals surface area contributed by atoms with Gasteiger partial charge in [-0.05, 0) is 54.5 Å². The largest absolute Gasteiger partial charge is 0.493 e. The van der Waals surface area contributed by atoms with Gasteiger partial charge in [0.15, 0.2) is 17.3 Å². The summed E-state index contributed by atoms with van der Waals surface area (Å²) in [5, 5.41) is 0. The van der Waals surface area contributed by atoms with Crippen LogP contribution in [0.25, 0.3) is 6.08 Å². The summed E-state index contributed by atoms with van der Waals surface area (Å²) in [7, 11) is 4.60. The minimum Gasteiger partial charge on any atom is -0.493 e. The van der Waals surface area contributed by atoms with E-state index in [-0.39, 0.29) is 17.4 Å². The summed E-state index contributed by atoms with van der Waals surface area (Å²) in [6.45, 7) is 1.71. The molecule has 0 atom stereocenters. The summed E-state index contributed by atoms with van der Waals surface area (Å²) in [5.41, 5.74) is 2.98. The van der Waals surface area contributed by atoms with Crippen LogP contribution in [0.3, 0.4) is 0 Å². The van der Waals surface area contributed by atoms with E-state index >= 15 is 0 Å². The average Bonchev–Trinajstić information content (AvgIpc) is 3.23. The summed E-state index contributed by atoms with van der Waals surface area (Å²) >= 11 is 0. The highest BCUT2D eigenvalue weighted by atomic mass is 19.1. The van der Waals surface area contributed by atoms with Crippen molar-refractivity contribution in [2.75, 3.05) is 34.6 Å². The Kier molecular flexibility index (Phi) is 6.52. The zero-order chi connectivity index (χ0) is 25.2. The molecule has 0 amide bonds. The van der Waals surface area contributed by atoms with Crippen molar-refractivity contribution >= 4 is 11.9 Å². The van der Waals surface area contributed by atoms with Crippen LogP contribution in [0.2, 0.25) is 0 Å². The minimum atomic E-state index is -0.249. The van der Waals surface area contributed by atoms with Crippen LogP contribution < -0.4 is 23.7 Å². The van der Waals surface area contributed by atoms with E-state index in [4.69, 9.17) is 23.7 Å². The molecular formula is C28H26FNO6. The van der Waals surface area contributed by atoms with Crippen molar-refractivity contribution in [2.45, 2.75) is 13.0 Å². The predicted octanol–water partition coefficient (Wildman–Crippen LogP) is 4.86. The smallest absolute Gasteiger partial charge is 0.231 e. The Labute approximate surface area is 208 Å². The lowest BCUT2D eigenvalue weighted by Crippen LogP contribution is -2.33. The molecule has 0 aliphatic carbocycles. The number of methoxy groups -OCH3 is 3. The molecular weight excluding hydrogens is 465 g/mol. The number of rotatable bonds is 7. The molecule has 0 bridgehead atoms. The fraction of sp³-hybridized carbons (Fsp3) is 0.250. The molecule has 2 aliphatic rings. The maximum absolute atomic E-state index is 13.2. The van der Waals surface area contributed by atoms with Gasteiger partial charge in [-0.25, -0.2) is 4.39 Å². The van der Waals surface area contributed by atoms with Crippen LogP contribution >= 0.6 is 0 Å². The fourth-order valence-corrected chi connectivity index (χ4v) is 4.47. The molecule has 0 saturated carbocycles. The molecule has 2 aliphatic heterocycles. The highest BCUT2D eigenvalue weighted by Gasteiger charge is 2.34. The van der Waals surface area contributed by atoms with E-state index in [2.05, 4.69) is 4.90 Å². The lowest BCUT2D eigenvalue weighted by Gasteiger charge is -2.29. The quantitative estimate of drug-likeness (QED) is 0.437. The Hall–Kier alpha value is -4.04. The molecule has 3 aromatic carbocycles. The maximum atomic E-state index is 13.2. The van der Waals surface area contributed by atoms with Gasteiger partial charge in [-0.1, -0.05) is 12.1 Å². The third-order valence-electron chi connectivity index (χ3n) is 6.33. The molecule has 0 saturated heterocycles. The number of nitrogens with zero attached hydrogens (tertiary/aromatic N) is 1. The molecule has 3 aromatic rings. The molecule has 5 rings (SSSR count). The highest BCUT2D eigenvalue weighted by molar-refractivity contribution is 6.15. The molecule has 0 unspecified atom stereocenters. The van der Waals surface area contributed by atoms with E-state index in [0.29, 0.717) is 59.7 Å². The van der Waals surface area contributed by atoms with Crippen molar-refractivity contribution in [1.82, 2.24) is 4.90 Å². The second-order valence-corrected chi connectivity index (χ2v) is 8.48. The van der Waals surface area contributed by atoms with Gasteiger partial charge < -0.3 is 23.7 Å². The van der Waals surface area contributed by atoms with Crippen LogP contribution in [-0.4, -0.2) is 45.3 Å². The van der Waals surface area contributed by atoms with E-state index in [0.717, 1.165) is 17.5 Å². The van der Waals surface area contributed by atoms with Gasteiger partial charge in [0.25, 0.3) is 0 Å². The summed E-state index contributed by atoms with van der Waals surface area (Å²) in [5.74, 6) is 2.32. The Morgan fingerprint density at radius 1 is 0.972 bits per heavy atom. The van der Waals surface area contributed by atoms with Crippen molar-refractivity contribution in [2.24, 2.45) is 0 Å². The predicted molar refractivity (Wildman–Crippen MR) is 131 cm³/mol. The molecule has 8 heteroatoms. The second-order valence-electron chi connectivity index (χ2n) is 8.48. The van der Waals surface area contributed by atoms with Gasteiger partial charge in [-0.3, -0.25) is 9.69 Å². The number of benzene rings is 3. The summed E-state index contributed by atoms with van der Waals surface area (Å²) in [6, 6.07) is 13.6. The number of ketones is 1. The van der Waals surface area contributed by atoms with Crippen LogP contribution in [0.5, 0.6) is 28.7 Å². The van der Waals surface area contributed by atoms with Crippen molar-refractivity contribution in [1.29, 1.82) is 0 Å². The maximum Gasteiger partial charge on any atom is 0.231 e. The molecule has 0 aromatic heterocycles. The van der Waals surface area contributed by atoms with E-state index < -0.39 is 0 Å². The first-order valence-corrected chi connectivity index (χ1v) is 11.5. The van der Waals surface area contributed by atoms with Crippen molar-refractivity contribution in [3.05, 3.63) is 82.4 Å². The fourth-order valence-electron chi connectivity index (χ4n) is 4.47. The number of halogens is 1. The highest BCUT2D eigenvalue weighted by Crippen LogP contribution is 2.44. The number of fused-ring (bicyclic) bond motifs is 3. The van der Waals surface area contributed by atoms with Gasteiger partial charge in [0.2, 0.25) is 11.5 Å². The Morgan fingerprint density at radius 3 is 2.47 bits per heavy atom. The monoisotopic (exact) mass is 491 g/mol. The lowest BCUT2D eigenvalue weighted by molar-refractivity contribution is 0.0949. The number of Topliss-reactive ketones (excluding diaryl/α,β-unsaturated/α-hetero) is 1. The first-order chi connectivity index (χ1) is 17.5. The van der Waals surface area contributed by atoms with Gasteiger partial charge in [0.05, 0.1) is 32.5 Å². The lowest BCUT2D eigenvalue weighted by atomic mass is 10.0. The first kappa shape index (κ1) is 23.7. The van der Waals surface area contributed by atoms with Crippen LogP contribution in [-0.2, 0) is 13.0 Å². The van der Waals surface area contributed by atoms with E-state index in [1.165, 1.54) is 26.4 Å². The third-order valence-corrected chi connectivity index (χ3v) is 6.33. The zero-order valence-electron chi connectivity index (χ0n) is 20.3. The van der Waals surface area contributed by atoms with Gasteiger partial charge in [0.1, 0.15) is 24.0 Å². The van der Waals surface area contributed by atoms with Crippen LogP contribution in [0.1, 0.15) is 27.0 Å². The SMILES string of the molecule is COc1ccc(/C=C2\Oc3c(ccc4c3CN(CCc3ccc(F)cc3)CO4)C2=O)c(OC)c1OC. The topological polar surface area (TPSA) is 66.5 Å². The number of carbonyl (C=O) groups is 1. The molecule has 0 radical (unpaired) electrons. The van der Waals surface area contributed by atoms with E-state index in [1.807, 2.05) is 6.07 Å². The molecule has 7 nitrogen and oxygen atoms in total. The second kappa shape index (κ2) is 9.91. The Bertz CT molecular complexity index is 1330. The Morgan fingerprint density at radius 2 is 1.75 bits per heavy atom. The first-order valence-electron chi connectivity index (χ1n) is 11.5. The molecule has 2 heterocycles. The number of hydrogen-bond donors (Lipinski definition) is 0. The molecule has 0 fully saturated rings. The zero-order valence-corrected chi connectivity index (χ0v) is 20.3. The van der Waals surface area contributed by atoms with Crippen molar-refractivity contribution in [3.8, 4) is 28.7 Å². The van der Waals surface area contributed by atoms with Crippen LogP contribution in [0.15, 0.2) is 54.3 Å². The minimum absolute atomic E-state index is 0.187. The van der Waals surface area contributed by atoms with Crippen LogP contribution in [0.4, 0.5) is 4.39 Å². The number of hydrogen-bond acceptors (Lipinski definition) is 7. The standard InChI is InChI=1S/C28H26FNO6/c1-32-23-10-6-18(26(33-2)28(23)34-3)14-24-25(31)20-9-11-22-21(27(20)36-24)15-30(16-35-22)13-12-17-4-7-19(29)8-5-17/h4-11,14H,12-13,15-16H2,1-3H3/b24-14-.